The molecule has 1 aromatic carbocycles. The average molecular weight is 261 g/mol. The minimum Gasteiger partial charge on any atom is -0.492 e. The molecule has 2 rings (SSSR count). The van der Waals surface area contributed by atoms with Crippen molar-refractivity contribution in [3.8, 4) is 5.75 Å². The minimum atomic E-state index is 0.716. The number of nitrogens with one attached hydrogen (secondary N) is 1. The molecule has 0 unspecified atom stereocenters. The molecule has 3 heteroatoms. The molecule has 0 aliphatic carbocycles. The number of hydrogen-bond donors (Lipinski definition) is 1. The monoisotopic (exact) mass is 261 g/mol. The van der Waals surface area contributed by atoms with E-state index in [1.807, 2.05) is 23.5 Å². The van der Waals surface area contributed by atoms with Crippen LogP contribution in [-0.2, 0) is 6.42 Å². The second kappa shape index (κ2) is 7.19. The Morgan fingerprint density at radius 1 is 1.11 bits per heavy atom. The first-order valence-corrected chi connectivity index (χ1v) is 7.15. The molecule has 0 atom stereocenters. The van der Waals surface area contributed by atoms with Gasteiger partial charge in [0.05, 0.1) is 0 Å². The second-order valence-electron chi connectivity index (χ2n) is 4.24. The van der Waals surface area contributed by atoms with Gasteiger partial charge in [-0.05, 0) is 36.9 Å². The first-order valence-electron chi connectivity index (χ1n) is 6.27. The maximum absolute atomic E-state index is 5.64. The van der Waals surface area contributed by atoms with E-state index in [0.29, 0.717) is 6.61 Å². The summed E-state index contributed by atoms with van der Waals surface area (Å²) in [5, 5.41) is 5.51. The third-order valence-electron chi connectivity index (χ3n) is 2.70. The van der Waals surface area contributed by atoms with Gasteiger partial charge in [0.25, 0.3) is 0 Å². The maximum atomic E-state index is 5.64. The first kappa shape index (κ1) is 13.1. The van der Waals surface area contributed by atoms with Crippen molar-refractivity contribution in [1.82, 2.24) is 5.32 Å². The van der Waals surface area contributed by atoms with Gasteiger partial charge in [0.15, 0.2) is 0 Å². The molecule has 2 nitrogen and oxygen atoms in total. The molecule has 1 aromatic heterocycles. The van der Waals surface area contributed by atoms with Crippen LogP contribution in [0.3, 0.4) is 0 Å². The summed E-state index contributed by atoms with van der Waals surface area (Å²) < 4.78 is 5.64. The molecule has 96 valence electrons. The molecule has 0 fully saturated rings. The Morgan fingerprint density at radius 3 is 2.67 bits per heavy atom. The number of thiophene rings is 1. The lowest BCUT2D eigenvalue weighted by Gasteiger charge is -2.07. The van der Waals surface area contributed by atoms with Gasteiger partial charge in [0, 0.05) is 18.0 Å². The summed E-state index contributed by atoms with van der Waals surface area (Å²) in [5.74, 6) is 0.945. The van der Waals surface area contributed by atoms with Crippen molar-refractivity contribution in [2.24, 2.45) is 0 Å². The molecule has 1 N–H and O–H groups in total. The Labute approximate surface area is 113 Å². The Bertz CT molecular complexity index is 436. The van der Waals surface area contributed by atoms with Gasteiger partial charge in [-0.3, -0.25) is 0 Å². The molecular weight excluding hydrogens is 242 g/mol. The highest BCUT2D eigenvalue weighted by atomic mass is 32.1. The van der Waals surface area contributed by atoms with Crippen molar-refractivity contribution in [3.63, 3.8) is 0 Å². The fourth-order valence-electron chi connectivity index (χ4n) is 1.67. The summed E-state index contributed by atoms with van der Waals surface area (Å²) in [7, 11) is 0. The molecule has 0 saturated heterocycles. The van der Waals surface area contributed by atoms with Gasteiger partial charge in [-0.1, -0.05) is 23.8 Å². The van der Waals surface area contributed by atoms with Crippen molar-refractivity contribution in [3.05, 3.63) is 52.2 Å². The van der Waals surface area contributed by atoms with Gasteiger partial charge in [-0.2, -0.15) is 0 Å². The van der Waals surface area contributed by atoms with Gasteiger partial charge in [0.1, 0.15) is 12.4 Å². The third-order valence-corrected chi connectivity index (χ3v) is 3.63. The molecule has 0 aliphatic heterocycles. The van der Waals surface area contributed by atoms with Crippen LogP contribution in [0.1, 0.15) is 10.4 Å². The van der Waals surface area contributed by atoms with Crippen LogP contribution in [0.4, 0.5) is 0 Å². The zero-order valence-corrected chi connectivity index (χ0v) is 11.5. The first-order chi connectivity index (χ1) is 8.84. The molecule has 2 aromatic rings. The average Bonchev–Trinajstić information content (AvgIpc) is 2.89. The van der Waals surface area contributed by atoms with Crippen molar-refractivity contribution in [2.75, 3.05) is 19.7 Å². The number of benzene rings is 1. The van der Waals surface area contributed by atoms with Crippen molar-refractivity contribution < 1.29 is 4.74 Å². The highest BCUT2D eigenvalue weighted by Crippen LogP contribution is 2.11. The lowest BCUT2D eigenvalue weighted by molar-refractivity contribution is 0.314. The third kappa shape index (κ3) is 4.51. The summed E-state index contributed by atoms with van der Waals surface area (Å²) in [4.78, 5) is 1.43. The lowest BCUT2D eigenvalue weighted by atomic mass is 10.2. The van der Waals surface area contributed by atoms with E-state index in [-0.39, 0.29) is 0 Å². The van der Waals surface area contributed by atoms with E-state index >= 15 is 0 Å². The van der Waals surface area contributed by atoms with Gasteiger partial charge >= 0.3 is 0 Å². The molecular formula is C15H19NOS. The van der Waals surface area contributed by atoms with Gasteiger partial charge in [0.2, 0.25) is 0 Å². The van der Waals surface area contributed by atoms with E-state index in [0.717, 1.165) is 25.3 Å². The Balaban J connectivity index is 1.55. The van der Waals surface area contributed by atoms with Crippen LogP contribution in [0, 0.1) is 6.92 Å². The fourth-order valence-corrected chi connectivity index (χ4v) is 2.38. The zero-order valence-electron chi connectivity index (χ0n) is 10.7. The van der Waals surface area contributed by atoms with E-state index in [9.17, 15) is 0 Å². The molecule has 0 amide bonds. The Kier molecular flexibility index (Phi) is 5.24. The van der Waals surface area contributed by atoms with Gasteiger partial charge in [-0.25, -0.2) is 0 Å². The number of ether oxygens (including phenoxy) is 1. The molecule has 0 bridgehead atoms. The highest BCUT2D eigenvalue weighted by Gasteiger charge is 1.95. The Hall–Kier alpha value is -1.32. The standard InChI is InChI=1S/C15H19NOS/c1-13-4-6-14(7-5-13)17-11-10-16-9-8-15-3-2-12-18-15/h2-7,12,16H,8-11H2,1H3. The summed E-state index contributed by atoms with van der Waals surface area (Å²) in [5.41, 5.74) is 1.26. The van der Waals surface area contributed by atoms with E-state index in [4.69, 9.17) is 4.74 Å². The van der Waals surface area contributed by atoms with E-state index < -0.39 is 0 Å². The van der Waals surface area contributed by atoms with Crippen LogP contribution in [0.2, 0.25) is 0 Å². The summed E-state index contributed by atoms with van der Waals surface area (Å²) in [6.07, 6.45) is 1.10. The van der Waals surface area contributed by atoms with E-state index in [2.05, 4.69) is 41.9 Å². The minimum absolute atomic E-state index is 0.716. The van der Waals surface area contributed by atoms with Crippen molar-refractivity contribution >= 4 is 11.3 Å². The number of rotatable bonds is 7. The fraction of sp³-hybridized carbons (Fsp3) is 0.333. The largest absolute Gasteiger partial charge is 0.492 e. The molecule has 0 radical (unpaired) electrons. The quantitative estimate of drug-likeness (QED) is 0.772. The van der Waals surface area contributed by atoms with Crippen LogP contribution in [-0.4, -0.2) is 19.7 Å². The maximum Gasteiger partial charge on any atom is 0.119 e. The molecule has 0 saturated carbocycles. The molecule has 1 heterocycles. The molecule has 18 heavy (non-hydrogen) atoms. The smallest absolute Gasteiger partial charge is 0.119 e. The predicted molar refractivity (Wildman–Crippen MR) is 77.6 cm³/mol. The van der Waals surface area contributed by atoms with Crippen LogP contribution < -0.4 is 10.1 Å². The zero-order chi connectivity index (χ0) is 12.6. The van der Waals surface area contributed by atoms with Crippen molar-refractivity contribution in [1.29, 1.82) is 0 Å². The van der Waals surface area contributed by atoms with Crippen LogP contribution in [0.15, 0.2) is 41.8 Å². The predicted octanol–water partition coefficient (Wildman–Crippen LogP) is 3.27. The summed E-state index contributed by atoms with van der Waals surface area (Å²) in [6, 6.07) is 12.4. The number of hydrogen-bond acceptors (Lipinski definition) is 3. The van der Waals surface area contributed by atoms with Crippen LogP contribution in [0.5, 0.6) is 5.75 Å². The van der Waals surface area contributed by atoms with Crippen molar-refractivity contribution in [2.45, 2.75) is 13.3 Å². The topological polar surface area (TPSA) is 21.3 Å². The summed E-state index contributed by atoms with van der Waals surface area (Å²) >= 11 is 1.81. The Morgan fingerprint density at radius 2 is 1.94 bits per heavy atom. The lowest BCUT2D eigenvalue weighted by Crippen LogP contribution is -2.23. The van der Waals surface area contributed by atoms with Gasteiger partial charge < -0.3 is 10.1 Å². The number of aryl methyl sites for hydroxylation is 1. The summed E-state index contributed by atoms with van der Waals surface area (Å²) in [6.45, 7) is 4.69. The van der Waals surface area contributed by atoms with E-state index in [1.165, 1.54) is 10.4 Å². The van der Waals surface area contributed by atoms with Crippen LogP contribution in [0.25, 0.3) is 0 Å². The normalized spacial score (nSPS) is 10.5. The highest BCUT2D eigenvalue weighted by molar-refractivity contribution is 7.09. The molecule has 0 spiro atoms. The van der Waals surface area contributed by atoms with Crippen LogP contribution >= 0.6 is 11.3 Å². The second-order valence-corrected chi connectivity index (χ2v) is 5.27. The molecule has 0 aliphatic rings. The van der Waals surface area contributed by atoms with Gasteiger partial charge in [-0.15, -0.1) is 11.3 Å². The SMILES string of the molecule is Cc1ccc(OCCNCCc2cccs2)cc1. The van der Waals surface area contributed by atoms with E-state index in [1.54, 1.807) is 0 Å².